The summed E-state index contributed by atoms with van der Waals surface area (Å²) in [5, 5.41) is 10.6. The van der Waals surface area contributed by atoms with Crippen LogP contribution in [0.1, 0.15) is 47.3 Å². The first-order valence-electron chi connectivity index (χ1n) is 8.15. The molecule has 0 atom stereocenters. The molecule has 0 unspecified atom stereocenters. The highest BCUT2D eigenvalue weighted by atomic mass is 35.5. The van der Waals surface area contributed by atoms with Crippen molar-refractivity contribution in [2.75, 3.05) is 13.1 Å². The van der Waals surface area contributed by atoms with Gasteiger partial charge in [0, 0.05) is 31.1 Å². The Kier molecular flexibility index (Phi) is 6.31. The van der Waals surface area contributed by atoms with Crippen LogP contribution < -0.4 is 10.6 Å². The van der Waals surface area contributed by atoms with Gasteiger partial charge in [-0.2, -0.15) is 5.10 Å². The number of amides is 2. The maximum absolute atomic E-state index is 12.3. The van der Waals surface area contributed by atoms with E-state index < -0.39 is 0 Å². The molecule has 1 heterocycles. The summed E-state index contributed by atoms with van der Waals surface area (Å²) in [7, 11) is 1.73. The smallest absolute Gasteiger partial charge is 0.269 e. The third kappa shape index (κ3) is 4.99. The second kappa shape index (κ2) is 8.10. The molecule has 2 amide bonds. The summed E-state index contributed by atoms with van der Waals surface area (Å²) in [5.41, 5.74) is 1.60. The van der Waals surface area contributed by atoms with Gasteiger partial charge in [0.2, 0.25) is 0 Å². The summed E-state index contributed by atoms with van der Waals surface area (Å²) >= 11 is 11.7. The van der Waals surface area contributed by atoms with E-state index in [0.717, 1.165) is 5.69 Å². The van der Waals surface area contributed by atoms with Crippen molar-refractivity contribution in [1.29, 1.82) is 0 Å². The number of carbonyl (C=O) groups excluding carboxylic acids is 2. The van der Waals surface area contributed by atoms with Gasteiger partial charge in [0.1, 0.15) is 5.69 Å². The molecule has 0 radical (unpaired) electrons. The number of aromatic nitrogens is 2. The predicted octanol–water partition coefficient (Wildman–Crippen LogP) is 3.18. The van der Waals surface area contributed by atoms with Gasteiger partial charge in [-0.1, -0.05) is 44.0 Å². The topological polar surface area (TPSA) is 76.0 Å². The molecule has 0 aliphatic carbocycles. The van der Waals surface area contributed by atoms with Crippen LogP contribution >= 0.6 is 23.2 Å². The fraction of sp³-hybridized carbons (Fsp3) is 0.389. The van der Waals surface area contributed by atoms with E-state index in [2.05, 4.69) is 15.7 Å². The minimum Gasteiger partial charge on any atom is -0.350 e. The van der Waals surface area contributed by atoms with Gasteiger partial charge in [-0.3, -0.25) is 14.3 Å². The predicted molar refractivity (Wildman–Crippen MR) is 103 cm³/mol. The van der Waals surface area contributed by atoms with E-state index in [0.29, 0.717) is 27.8 Å². The Morgan fingerprint density at radius 3 is 2.19 bits per heavy atom. The summed E-state index contributed by atoms with van der Waals surface area (Å²) in [6.07, 6.45) is 0. The van der Waals surface area contributed by atoms with Crippen molar-refractivity contribution >= 4 is 35.0 Å². The summed E-state index contributed by atoms with van der Waals surface area (Å²) in [6, 6.07) is 6.44. The first-order valence-corrected chi connectivity index (χ1v) is 8.91. The van der Waals surface area contributed by atoms with Gasteiger partial charge in [0.15, 0.2) is 0 Å². The van der Waals surface area contributed by atoms with E-state index in [4.69, 9.17) is 23.2 Å². The highest BCUT2D eigenvalue weighted by Crippen LogP contribution is 2.22. The largest absolute Gasteiger partial charge is 0.350 e. The molecule has 26 heavy (non-hydrogen) atoms. The number of hydrogen-bond acceptors (Lipinski definition) is 3. The number of hydrogen-bond donors (Lipinski definition) is 2. The first-order chi connectivity index (χ1) is 12.1. The standard InChI is InChI=1S/C18H22Cl2N4O2/c1-18(2,3)15-10-14(24(4)23-15)17(26)22-8-7-21-16(25)11-5-6-12(19)13(20)9-11/h5-6,9-10H,7-8H2,1-4H3,(H,21,25)(H,22,26). The molecule has 1 aromatic carbocycles. The zero-order valence-electron chi connectivity index (χ0n) is 15.2. The van der Waals surface area contributed by atoms with Crippen LogP contribution in [0, 0.1) is 0 Å². The molecular formula is C18H22Cl2N4O2. The van der Waals surface area contributed by atoms with Gasteiger partial charge in [-0.05, 0) is 24.3 Å². The van der Waals surface area contributed by atoms with E-state index in [1.807, 2.05) is 20.8 Å². The summed E-state index contributed by atoms with van der Waals surface area (Å²) < 4.78 is 1.56. The minimum absolute atomic E-state index is 0.135. The van der Waals surface area contributed by atoms with Crippen molar-refractivity contribution in [1.82, 2.24) is 20.4 Å². The van der Waals surface area contributed by atoms with Crippen LogP contribution in [0.15, 0.2) is 24.3 Å². The van der Waals surface area contributed by atoms with Gasteiger partial charge in [-0.15, -0.1) is 0 Å². The lowest BCUT2D eigenvalue weighted by molar-refractivity contribution is 0.0922. The molecule has 0 saturated carbocycles. The van der Waals surface area contributed by atoms with Gasteiger partial charge in [-0.25, -0.2) is 0 Å². The molecule has 0 bridgehead atoms. The van der Waals surface area contributed by atoms with Crippen molar-refractivity contribution in [3.8, 4) is 0 Å². The van der Waals surface area contributed by atoms with E-state index in [1.165, 1.54) is 6.07 Å². The average Bonchev–Trinajstić information content (AvgIpc) is 2.96. The Hall–Kier alpha value is -2.05. The lowest BCUT2D eigenvalue weighted by atomic mass is 9.92. The monoisotopic (exact) mass is 396 g/mol. The first kappa shape index (κ1) is 20.3. The van der Waals surface area contributed by atoms with E-state index in [1.54, 1.807) is 29.9 Å². The highest BCUT2D eigenvalue weighted by Gasteiger charge is 2.21. The van der Waals surface area contributed by atoms with Crippen molar-refractivity contribution in [3.63, 3.8) is 0 Å². The van der Waals surface area contributed by atoms with Gasteiger partial charge >= 0.3 is 0 Å². The molecule has 6 nitrogen and oxygen atoms in total. The van der Waals surface area contributed by atoms with Crippen LogP contribution in [0.3, 0.4) is 0 Å². The van der Waals surface area contributed by atoms with Crippen LogP contribution in [0.4, 0.5) is 0 Å². The normalized spacial score (nSPS) is 11.3. The number of nitrogens with one attached hydrogen (secondary N) is 2. The number of carbonyl (C=O) groups is 2. The summed E-state index contributed by atoms with van der Waals surface area (Å²) in [4.78, 5) is 24.3. The molecule has 0 aliphatic heterocycles. The van der Waals surface area contributed by atoms with Gasteiger partial charge < -0.3 is 10.6 Å². The fourth-order valence-electron chi connectivity index (χ4n) is 2.23. The molecule has 140 valence electrons. The second-order valence-corrected chi connectivity index (χ2v) is 7.74. The number of nitrogens with zero attached hydrogens (tertiary/aromatic N) is 2. The fourth-order valence-corrected chi connectivity index (χ4v) is 2.53. The Bertz CT molecular complexity index is 825. The van der Waals surface area contributed by atoms with Crippen molar-refractivity contribution in [2.24, 2.45) is 7.05 Å². The van der Waals surface area contributed by atoms with Crippen LogP contribution in [-0.2, 0) is 12.5 Å². The van der Waals surface area contributed by atoms with Gasteiger partial charge in [0.05, 0.1) is 15.7 Å². The molecule has 1 aromatic heterocycles. The van der Waals surface area contributed by atoms with Crippen LogP contribution in [-0.4, -0.2) is 34.7 Å². The van der Waals surface area contributed by atoms with E-state index in [9.17, 15) is 9.59 Å². The molecule has 0 spiro atoms. The number of aryl methyl sites for hydroxylation is 1. The Morgan fingerprint density at radius 1 is 1.04 bits per heavy atom. The molecule has 2 rings (SSSR count). The SMILES string of the molecule is Cn1nc(C(C)(C)C)cc1C(=O)NCCNC(=O)c1ccc(Cl)c(Cl)c1. The quantitative estimate of drug-likeness (QED) is 0.761. The van der Waals surface area contributed by atoms with E-state index in [-0.39, 0.29) is 23.8 Å². The maximum Gasteiger partial charge on any atom is 0.269 e. The summed E-state index contributed by atoms with van der Waals surface area (Å²) in [6.45, 7) is 6.69. The van der Waals surface area contributed by atoms with Crippen molar-refractivity contribution in [2.45, 2.75) is 26.2 Å². The molecular weight excluding hydrogens is 375 g/mol. The van der Waals surface area contributed by atoms with Gasteiger partial charge in [0.25, 0.3) is 11.8 Å². The zero-order valence-corrected chi connectivity index (χ0v) is 16.7. The third-order valence-corrected chi connectivity index (χ3v) is 4.50. The minimum atomic E-state index is -0.284. The Labute approximate surface area is 162 Å². The highest BCUT2D eigenvalue weighted by molar-refractivity contribution is 6.42. The van der Waals surface area contributed by atoms with Crippen molar-refractivity contribution in [3.05, 3.63) is 51.3 Å². The third-order valence-electron chi connectivity index (χ3n) is 3.76. The molecule has 0 aliphatic rings. The Morgan fingerprint density at radius 2 is 1.65 bits per heavy atom. The molecule has 8 heteroatoms. The second-order valence-electron chi connectivity index (χ2n) is 6.93. The number of halogens is 2. The molecule has 2 aromatic rings. The van der Waals surface area contributed by atoms with Crippen LogP contribution in [0.25, 0.3) is 0 Å². The zero-order chi connectivity index (χ0) is 19.5. The summed E-state index contributed by atoms with van der Waals surface area (Å²) in [5.74, 6) is -0.521. The lowest BCUT2D eigenvalue weighted by Gasteiger charge is -2.13. The van der Waals surface area contributed by atoms with E-state index >= 15 is 0 Å². The number of benzene rings is 1. The number of rotatable bonds is 5. The van der Waals surface area contributed by atoms with Crippen LogP contribution in [0.5, 0.6) is 0 Å². The molecule has 0 saturated heterocycles. The Balaban J connectivity index is 1.86. The maximum atomic E-state index is 12.3. The van der Waals surface area contributed by atoms with Crippen LogP contribution in [0.2, 0.25) is 10.0 Å². The molecule has 0 fully saturated rings. The molecule has 2 N–H and O–H groups in total. The lowest BCUT2D eigenvalue weighted by Crippen LogP contribution is -2.35. The van der Waals surface area contributed by atoms with Crippen molar-refractivity contribution < 1.29 is 9.59 Å². The average molecular weight is 397 g/mol.